The monoisotopic (exact) mass is 409 g/mol. The SMILES string of the molecule is CCOc1ccc2nc(C)nc(SCC(=O)c3ccc(CN)s3)c2c1.Cl. The first-order valence-corrected chi connectivity index (χ1v) is 9.77. The number of carbonyl (C=O) groups is 1. The van der Waals surface area contributed by atoms with Gasteiger partial charge in [0.25, 0.3) is 0 Å². The van der Waals surface area contributed by atoms with E-state index in [0.29, 0.717) is 24.7 Å². The fraction of sp³-hybridized carbons (Fsp3) is 0.278. The highest BCUT2D eigenvalue weighted by Gasteiger charge is 2.13. The predicted molar refractivity (Wildman–Crippen MR) is 110 cm³/mol. The van der Waals surface area contributed by atoms with Gasteiger partial charge in [-0.2, -0.15) is 0 Å². The maximum absolute atomic E-state index is 12.4. The van der Waals surface area contributed by atoms with E-state index in [1.807, 2.05) is 44.2 Å². The molecule has 1 aromatic carbocycles. The zero-order valence-electron chi connectivity index (χ0n) is 14.5. The summed E-state index contributed by atoms with van der Waals surface area (Å²) in [5, 5.41) is 1.70. The summed E-state index contributed by atoms with van der Waals surface area (Å²) >= 11 is 2.88. The van der Waals surface area contributed by atoms with Gasteiger partial charge in [0.05, 0.1) is 22.8 Å². The third kappa shape index (κ3) is 4.73. The number of nitrogens with zero attached hydrogens (tertiary/aromatic N) is 2. The van der Waals surface area contributed by atoms with Crippen LogP contribution in [0.4, 0.5) is 0 Å². The smallest absolute Gasteiger partial charge is 0.183 e. The number of ether oxygens (including phenoxy) is 1. The predicted octanol–water partition coefficient (Wildman–Crippen LogP) is 4.25. The van der Waals surface area contributed by atoms with Crippen LogP contribution in [-0.2, 0) is 6.54 Å². The number of thioether (sulfide) groups is 1. The maximum atomic E-state index is 12.4. The van der Waals surface area contributed by atoms with Gasteiger partial charge in [-0.3, -0.25) is 4.79 Å². The fourth-order valence-electron chi connectivity index (χ4n) is 2.40. The fourth-order valence-corrected chi connectivity index (χ4v) is 4.25. The number of carbonyl (C=O) groups excluding carboxylic acids is 1. The van der Waals surface area contributed by atoms with Gasteiger partial charge in [-0.05, 0) is 44.2 Å². The molecule has 2 aromatic heterocycles. The van der Waals surface area contributed by atoms with Gasteiger partial charge in [-0.1, -0.05) is 11.8 Å². The second-order valence-corrected chi connectivity index (χ2v) is 7.50. The van der Waals surface area contributed by atoms with Crippen molar-refractivity contribution in [2.24, 2.45) is 5.73 Å². The molecule has 0 amide bonds. The van der Waals surface area contributed by atoms with E-state index in [2.05, 4.69) is 9.97 Å². The molecule has 0 unspecified atom stereocenters. The lowest BCUT2D eigenvalue weighted by Gasteiger charge is -2.08. The number of Topliss-reactive ketones (excluding diaryl/α,β-unsaturated/α-hetero) is 1. The average Bonchev–Trinajstić information content (AvgIpc) is 3.09. The third-order valence-corrected chi connectivity index (χ3v) is 5.67. The number of ketones is 1. The van der Waals surface area contributed by atoms with Crippen LogP contribution in [0.5, 0.6) is 5.75 Å². The van der Waals surface area contributed by atoms with Crippen molar-refractivity contribution in [3.63, 3.8) is 0 Å². The van der Waals surface area contributed by atoms with Crippen LogP contribution in [0, 0.1) is 6.92 Å². The van der Waals surface area contributed by atoms with Crippen molar-refractivity contribution < 1.29 is 9.53 Å². The van der Waals surface area contributed by atoms with Gasteiger partial charge in [-0.15, -0.1) is 23.7 Å². The van der Waals surface area contributed by atoms with E-state index >= 15 is 0 Å². The summed E-state index contributed by atoms with van der Waals surface area (Å²) in [5.74, 6) is 1.88. The molecular formula is C18H20ClN3O2S2. The van der Waals surface area contributed by atoms with Crippen LogP contribution in [0.3, 0.4) is 0 Å². The van der Waals surface area contributed by atoms with Crippen LogP contribution < -0.4 is 10.5 Å². The summed E-state index contributed by atoms with van der Waals surface area (Å²) in [6, 6.07) is 9.50. The van der Waals surface area contributed by atoms with E-state index in [0.717, 1.165) is 31.4 Å². The molecule has 5 nitrogen and oxygen atoms in total. The van der Waals surface area contributed by atoms with Gasteiger partial charge in [0.15, 0.2) is 5.78 Å². The highest BCUT2D eigenvalue weighted by atomic mass is 35.5. The number of halogens is 1. The number of hydrogen-bond donors (Lipinski definition) is 1. The molecule has 2 N–H and O–H groups in total. The zero-order valence-corrected chi connectivity index (χ0v) is 17.0. The van der Waals surface area contributed by atoms with E-state index in [9.17, 15) is 4.79 Å². The third-order valence-electron chi connectivity index (χ3n) is 3.53. The standard InChI is InChI=1S/C18H19N3O2S2.ClH/c1-3-23-12-4-6-15-14(8-12)18(21-11(2)20-15)24-10-16(22)17-7-5-13(9-19)25-17;/h4-8H,3,9-10,19H2,1-2H3;1H. The number of fused-ring (bicyclic) bond motifs is 1. The van der Waals surface area contributed by atoms with Crippen LogP contribution in [0.15, 0.2) is 35.4 Å². The Morgan fingerprint density at radius 2 is 2.08 bits per heavy atom. The molecule has 0 bridgehead atoms. The minimum atomic E-state index is 0. The molecule has 0 saturated carbocycles. The molecule has 8 heteroatoms. The van der Waals surface area contributed by atoms with Crippen molar-refractivity contribution >= 4 is 52.2 Å². The van der Waals surface area contributed by atoms with Crippen molar-refractivity contribution in [1.82, 2.24) is 9.97 Å². The number of hydrogen-bond acceptors (Lipinski definition) is 7. The van der Waals surface area contributed by atoms with Crippen LogP contribution >= 0.6 is 35.5 Å². The number of aromatic nitrogens is 2. The summed E-state index contributed by atoms with van der Waals surface area (Å²) in [5.41, 5.74) is 6.47. The molecule has 3 aromatic rings. The highest BCUT2D eigenvalue weighted by molar-refractivity contribution is 8.00. The van der Waals surface area contributed by atoms with Crippen LogP contribution in [0.25, 0.3) is 10.9 Å². The van der Waals surface area contributed by atoms with Gasteiger partial charge < -0.3 is 10.5 Å². The van der Waals surface area contributed by atoms with Crippen molar-refractivity contribution in [2.45, 2.75) is 25.4 Å². The lowest BCUT2D eigenvalue weighted by molar-refractivity contribution is 0.102. The van der Waals surface area contributed by atoms with E-state index in [1.54, 1.807) is 0 Å². The lowest BCUT2D eigenvalue weighted by Crippen LogP contribution is -2.01. The summed E-state index contributed by atoms with van der Waals surface area (Å²) in [4.78, 5) is 23.1. The van der Waals surface area contributed by atoms with E-state index in [-0.39, 0.29) is 18.2 Å². The Hall–Kier alpha value is -1.67. The van der Waals surface area contributed by atoms with Gasteiger partial charge in [0, 0.05) is 16.8 Å². The number of rotatable bonds is 7. The Morgan fingerprint density at radius 1 is 1.27 bits per heavy atom. The highest BCUT2D eigenvalue weighted by Crippen LogP contribution is 2.29. The molecule has 0 atom stereocenters. The molecule has 0 radical (unpaired) electrons. The maximum Gasteiger partial charge on any atom is 0.183 e. The van der Waals surface area contributed by atoms with Crippen molar-refractivity contribution in [1.29, 1.82) is 0 Å². The number of benzene rings is 1. The summed E-state index contributed by atoms with van der Waals surface area (Å²) in [6.07, 6.45) is 0. The molecule has 0 aliphatic rings. The van der Waals surface area contributed by atoms with Gasteiger partial charge in [0.1, 0.15) is 16.6 Å². The van der Waals surface area contributed by atoms with E-state index in [1.165, 1.54) is 23.1 Å². The summed E-state index contributed by atoms with van der Waals surface area (Å²) < 4.78 is 5.57. The Labute approximate surface area is 166 Å². The normalized spacial score (nSPS) is 10.6. The molecule has 0 fully saturated rings. The first-order chi connectivity index (χ1) is 12.1. The first kappa shape index (κ1) is 20.6. The minimum Gasteiger partial charge on any atom is -0.494 e. The molecule has 3 rings (SSSR count). The Bertz CT molecular complexity index is 915. The van der Waals surface area contributed by atoms with E-state index < -0.39 is 0 Å². The van der Waals surface area contributed by atoms with Gasteiger partial charge >= 0.3 is 0 Å². The molecule has 0 aliphatic heterocycles. The Balaban J connectivity index is 0.00000243. The molecular weight excluding hydrogens is 390 g/mol. The second-order valence-electron chi connectivity index (χ2n) is 5.37. The van der Waals surface area contributed by atoms with Crippen molar-refractivity contribution in [3.8, 4) is 5.75 Å². The zero-order chi connectivity index (χ0) is 17.8. The largest absolute Gasteiger partial charge is 0.494 e. The van der Waals surface area contributed by atoms with Crippen molar-refractivity contribution in [2.75, 3.05) is 12.4 Å². The number of nitrogens with two attached hydrogens (primary N) is 1. The van der Waals surface area contributed by atoms with Crippen LogP contribution in [0.2, 0.25) is 0 Å². The molecule has 26 heavy (non-hydrogen) atoms. The first-order valence-electron chi connectivity index (χ1n) is 7.96. The van der Waals surface area contributed by atoms with Crippen LogP contribution in [-0.4, -0.2) is 28.1 Å². The summed E-state index contributed by atoms with van der Waals surface area (Å²) in [6.45, 7) is 4.86. The number of aryl methyl sites for hydroxylation is 1. The van der Waals surface area contributed by atoms with Crippen LogP contribution in [0.1, 0.15) is 27.3 Å². The molecule has 0 spiro atoms. The summed E-state index contributed by atoms with van der Waals surface area (Å²) in [7, 11) is 0. The van der Waals surface area contributed by atoms with Crippen molar-refractivity contribution in [3.05, 3.63) is 45.9 Å². The lowest BCUT2D eigenvalue weighted by atomic mass is 10.2. The van der Waals surface area contributed by atoms with E-state index in [4.69, 9.17) is 10.5 Å². The topological polar surface area (TPSA) is 78.1 Å². The average molecular weight is 410 g/mol. The van der Waals surface area contributed by atoms with Gasteiger partial charge in [-0.25, -0.2) is 9.97 Å². The molecule has 0 saturated heterocycles. The second kappa shape index (κ2) is 9.32. The quantitative estimate of drug-likeness (QED) is 0.357. The Morgan fingerprint density at radius 3 is 2.77 bits per heavy atom. The molecule has 0 aliphatic carbocycles. The number of thiophene rings is 1. The molecule has 138 valence electrons. The minimum absolute atomic E-state index is 0. The molecule has 2 heterocycles. The Kier molecular flexibility index (Phi) is 7.40. The van der Waals surface area contributed by atoms with Gasteiger partial charge in [0.2, 0.25) is 0 Å².